The van der Waals surface area contributed by atoms with Crippen LogP contribution in [0.1, 0.15) is 69.4 Å². The van der Waals surface area contributed by atoms with E-state index >= 15 is 0 Å². The van der Waals surface area contributed by atoms with Gasteiger partial charge in [0, 0.05) is 36.8 Å². The van der Waals surface area contributed by atoms with Gasteiger partial charge in [-0.25, -0.2) is 0 Å². The summed E-state index contributed by atoms with van der Waals surface area (Å²) in [7, 11) is 4.30. The van der Waals surface area contributed by atoms with Crippen LogP contribution in [0.2, 0.25) is 0 Å². The molecule has 0 spiro atoms. The number of rotatable bonds is 7. The number of anilines is 1. The lowest BCUT2D eigenvalue weighted by Gasteiger charge is -2.46. The molecule has 33 heavy (non-hydrogen) atoms. The van der Waals surface area contributed by atoms with E-state index in [9.17, 15) is 0 Å². The Balaban J connectivity index is 1.61. The van der Waals surface area contributed by atoms with Crippen molar-refractivity contribution < 1.29 is 4.74 Å². The molecular weight excluding hydrogens is 406 g/mol. The zero-order chi connectivity index (χ0) is 23.6. The van der Waals surface area contributed by atoms with Gasteiger partial charge in [0.15, 0.2) is 0 Å². The summed E-state index contributed by atoms with van der Waals surface area (Å²) < 4.78 is 6.98. The predicted octanol–water partition coefficient (Wildman–Crippen LogP) is 5.87. The number of likely N-dealkylation sites (N-methyl/N-ethyl adjacent to an activating group) is 2. The van der Waals surface area contributed by atoms with E-state index in [1.165, 1.54) is 28.8 Å². The molecular formula is C29H43N3O. The van der Waals surface area contributed by atoms with Gasteiger partial charge in [0.25, 0.3) is 0 Å². The summed E-state index contributed by atoms with van der Waals surface area (Å²) in [6, 6.07) is 18.2. The van der Waals surface area contributed by atoms with Crippen LogP contribution in [0.3, 0.4) is 0 Å². The Kier molecular flexibility index (Phi) is 7.47. The van der Waals surface area contributed by atoms with Crippen molar-refractivity contribution in [2.75, 3.05) is 45.6 Å². The first-order valence-electron chi connectivity index (χ1n) is 12.7. The Morgan fingerprint density at radius 2 is 1.76 bits per heavy atom. The van der Waals surface area contributed by atoms with Gasteiger partial charge in [-0.1, -0.05) is 70.2 Å². The SMILES string of the molecule is CCN(CCN(C)C)C[C@@H]1CC[C@H]2[C@@H](c3ccccc3)Nc3ccc(C(C)(C)C)cc3[C@H]2O1. The summed E-state index contributed by atoms with van der Waals surface area (Å²) in [6.07, 6.45) is 2.74. The normalized spacial score (nSPS) is 25.0. The summed E-state index contributed by atoms with van der Waals surface area (Å²) >= 11 is 0. The highest BCUT2D eigenvalue weighted by molar-refractivity contribution is 5.59. The maximum Gasteiger partial charge on any atom is 0.0900 e. The molecule has 2 aromatic rings. The molecule has 180 valence electrons. The van der Waals surface area contributed by atoms with Gasteiger partial charge >= 0.3 is 0 Å². The van der Waals surface area contributed by atoms with Crippen LogP contribution in [0.4, 0.5) is 5.69 Å². The third-order valence-electron chi connectivity index (χ3n) is 7.44. The molecule has 1 fully saturated rings. The van der Waals surface area contributed by atoms with E-state index in [1.807, 2.05) is 0 Å². The van der Waals surface area contributed by atoms with Gasteiger partial charge in [-0.3, -0.25) is 4.90 Å². The smallest absolute Gasteiger partial charge is 0.0900 e. The molecule has 2 aromatic carbocycles. The van der Waals surface area contributed by atoms with E-state index < -0.39 is 0 Å². The van der Waals surface area contributed by atoms with Gasteiger partial charge in [0.05, 0.1) is 18.2 Å². The minimum Gasteiger partial charge on any atom is -0.378 e. The summed E-state index contributed by atoms with van der Waals surface area (Å²) in [6.45, 7) is 13.4. The Morgan fingerprint density at radius 1 is 1.00 bits per heavy atom. The summed E-state index contributed by atoms with van der Waals surface area (Å²) in [5, 5.41) is 3.89. The van der Waals surface area contributed by atoms with Crippen molar-refractivity contribution in [3.8, 4) is 0 Å². The van der Waals surface area contributed by atoms with E-state index in [4.69, 9.17) is 4.74 Å². The Bertz CT molecular complexity index is 905. The fourth-order valence-corrected chi connectivity index (χ4v) is 5.36. The molecule has 2 aliphatic heterocycles. The van der Waals surface area contributed by atoms with Gasteiger partial charge < -0.3 is 15.0 Å². The van der Waals surface area contributed by atoms with Crippen molar-refractivity contribution in [3.05, 3.63) is 65.2 Å². The number of nitrogens with one attached hydrogen (secondary N) is 1. The third kappa shape index (κ3) is 5.62. The van der Waals surface area contributed by atoms with Crippen LogP contribution >= 0.6 is 0 Å². The number of benzene rings is 2. The van der Waals surface area contributed by atoms with Crippen molar-refractivity contribution >= 4 is 5.69 Å². The minimum absolute atomic E-state index is 0.125. The summed E-state index contributed by atoms with van der Waals surface area (Å²) in [4.78, 5) is 4.81. The molecule has 0 bridgehead atoms. The molecule has 2 aliphatic rings. The molecule has 4 heteroatoms. The molecule has 2 heterocycles. The number of hydrogen-bond acceptors (Lipinski definition) is 4. The second kappa shape index (κ2) is 10.2. The lowest BCUT2D eigenvalue weighted by Crippen LogP contribution is -2.44. The van der Waals surface area contributed by atoms with Crippen molar-refractivity contribution in [2.24, 2.45) is 5.92 Å². The molecule has 4 nitrogen and oxygen atoms in total. The quantitative estimate of drug-likeness (QED) is 0.572. The molecule has 0 radical (unpaired) electrons. The average molecular weight is 450 g/mol. The van der Waals surface area contributed by atoms with Crippen molar-refractivity contribution in [3.63, 3.8) is 0 Å². The standard InChI is InChI=1S/C29H43N3O/c1-7-32(18-17-31(5)6)20-23-14-15-24-27(21-11-9-8-10-12-21)30-26-16-13-22(29(2,3)4)19-25(26)28(24)33-23/h8-13,16,19,23-24,27-28,30H,7,14-15,17-18,20H2,1-6H3/t23-,24-,27+,28-/m0/s1. The first-order chi connectivity index (χ1) is 15.8. The maximum atomic E-state index is 6.98. The predicted molar refractivity (Wildman–Crippen MR) is 139 cm³/mol. The van der Waals surface area contributed by atoms with Crippen LogP contribution in [0.25, 0.3) is 0 Å². The number of hydrogen-bond donors (Lipinski definition) is 1. The topological polar surface area (TPSA) is 27.7 Å². The molecule has 0 saturated carbocycles. The number of fused-ring (bicyclic) bond motifs is 3. The second-order valence-electron chi connectivity index (χ2n) is 11.2. The molecule has 1 saturated heterocycles. The second-order valence-corrected chi connectivity index (χ2v) is 11.2. The summed E-state index contributed by atoms with van der Waals surface area (Å²) in [5.41, 5.74) is 5.45. The fraction of sp³-hybridized carbons (Fsp3) is 0.586. The van der Waals surface area contributed by atoms with E-state index in [0.29, 0.717) is 12.0 Å². The Morgan fingerprint density at radius 3 is 2.42 bits per heavy atom. The summed E-state index contributed by atoms with van der Waals surface area (Å²) in [5.74, 6) is 0.447. The molecule has 0 aliphatic carbocycles. The van der Waals surface area contributed by atoms with E-state index in [2.05, 4.69) is 105 Å². The fourth-order valence-electron chi connectivity index (χ4n) is 5.36. The van der Waals surface area contributed by atoms with Crippen LogP contribution in [-0.4, -0.2) is 56.2 Å². The minimum atomic E-state index is 0.125. The molecule has 1 N–H and O–H groups in total. The third-order valence-corrected chi connectivity index (χ3v) is 7.44. The molecule has 0 amide bonds. The van der Waals surface area contributed by atoms with Crippen LogP contribution in [0.5, 0.6) is 0 Å². The van der Waals surface area contributed by atoms with Crippen LogP contribution < -0.4 is 5.32 Å². The molecule has 4 atom stereocenters. The van der Waals surface area contributed by atoms with Crippen molar-refractivity contribution in [1.29, 1.82) is 0 Å². The zero-order valence-corrected chi connectivity index (χ0v) is 21.5. The Labute approximate surface area is 201 Å². The average Bonchev–Trinajstić information content (AvgIpc) is 2.80. The van der Waals surface area contributed by atoms with Gasteiger partial charge in [-0.05, 0) is 56.1 Å². The highest BCUT2D eigenvalue weighted by atomic mass is 16.5. The van der Waals surface area contributed by atoms with Gasteiger partial charge in [-0.15, -0.1) is 0 Å². The number of nitrogens with zero attached hydrogens (tertiary/aromatic N) is 2. The first-order valence-corrected chi connectivity index (χ1v) is 12.7. The Hall–Kier alpha value is -1.88. The first kappa shape index (κ1) is 24.3. The van der Waals surface area contributed by atoms with E-state index in [1.54, 1.807) is 0 Å². The zero-order valence-electron chi connectivity index (χ0n) is 21.5. The largest absolute Gasteiger partial charge is 0.378 e. The molecule has 0 aromatic heterocycles. The van der Waals surface area contributed by atoms with Gasteiger partial charge in [0.2, 0.25) is 0 Å². The number of ether oxygens (including phenoxy) is 1. The van der Waals surface area contributed by atoms with E-state index in [0.717, 1.165) is 32.6 Å². The monoisotopic (exact) mass is 449 g/mol. The van der Waals surface area contributed by atoms with Crippen molar-refractivity contribution in [2.45, 2.75) is 64.2 Å². The molecule has 4 rings (SSSR count). The van der Waals surface area contributed by atoms with E-state index in [-0.39, 0.29) is 17.6 Å². The maximum absolute atomic E-state index is 6.98. The van der Waals surface area contributed by atoms with Gasteiger partial charge in [0.1, 0.15) is 0 Å². The highest BCUT2D eigenvalue weighted by Gasteiger charge is 2.42. The van der Waals surface area contributed by atoms with Crippen molar-refractivity contribution in [1.82, 2.24) is 9.80 Å². The lowest BCUT2D eigenvalue weighted by molar-refractivity contribution is -0.102. The van der Waals surface area contributed by atoms with Crippen LogP contribution in [0, 0.1) is 5.92 Å². The molecule has 0 unspecified atom stereocenters. The van der Waals surface area contributed by atoms with Crippen LogP contribution in [-0.2, 0) is 10.2 Å². The van der Waals surface area contributed by atoms with Gasteiger partial charge in [-0.2, -0.15) is 0 Å². The van der Waals surface area contributed by atoms with Crippen LogP contribution in [0.15, 0.2) is 48.5 Å². The lowest BCUT2D eigenvalue weighted by atomic mass is 9.75. The highest BCUT2D eigenvalue weighted by Crippen LogP contribution is 2.51.